The van der Waals surface area contributed by atoms with Crippen LogP contribution in [0.3, 0.4) is 0 Å². The predicted molar refractivity (Wildman–Crippen MR) is 74.3 cm³/mol. The van der Waals surface area contributed by atoms with Crippen molar-refractivity contribution >= 4 is 0 Å². The minimum atomic E-state index is 0.222. The fourth-order valence-electron chi connectivity index (χ4n) is 1.84. The fourth-order valence-corrected chi connectivity index (χ4v) is 1.84. The topological polar surface area (TPSA) is 40.7 Å². The Balaban J connectivity index is 1.87. The van der Waals surface area contributed by atoms with Crippen molar-refractivity contribution in [2.75, 3.05) is 0 Å². The molecule has 0 spiro atoms. The first-order valence-corrected chi connectivity index (χ1v) is 6.34. The Kier molecular flexibility index (Phi) is 3.82. The van der Waals surface area contributed by atoms with Crippen LogP contribution in [0.15, 0.2) is 36.7 Å². The highest BCUT2D eigenvalue weighted by molar-refractivity contribution is 5.27. The molecule has 0 atom stereocenters. The third-order valence-electron chi connectivity index (χ3n) is 3.00. The summed E-state index contributed by atoms with van der Waals surface area (Å²) in [5.74, 6) is 0.973. The summed E-state index contributed by atoms with van der Waals surface area (Å²) in [6.07, 6.45) is 3.62. The number of hydrogen-bond acceptors (Lipinski definition) is 2. The molecule has 18 heavy (non-hydrogen) atoms. The molecule has 0 saturated carbocycles. The summed E-state index contributed by atoms with van der Waals surface area (Å²) in [6.45, 7) is 8.34. The number of imidazole rings is 1. The maximum atomic E-state index is 4.18. The third-order valence-corrected chi connectivity index (χ3v) is 3.00. The second-order valence-electron chi connectivity index (χ2n) is 5.59. The fraction of sp³-hybridized carbons (Fsp3) is 0.400. The summed E-state index contributed by atoms with van der Waals surface area (Å²) in [4.78, 5) is 7.25. The minimum absolute atomic E-state index is 0.222. The van der Waals surface area contributed by atoms with Gasteiger partial charge in [0.05, 0.1) is 6.54 Å². The van der Waals surface area contributed by atoms with E-state index >= 15 is 0 Å². The standard InChI is InChI=1S/C15H21N3/c1-15(2,3)13-6-4-12(5-7-13)10-16-11-14-17-8-9-18-14/h4-9,16H,10-11H2,1-3H3,(H,17,18). The molecule has 2 rings (SSSR count). The smallest absolute Gasteiger partial charge is 0.120 e. The average Bonchev–Trinajstić information content (AvgIpc) is 2.82. The molecule has 0 saturated heterocycles. The van der Waals surface area contributed by atoms with Crippen molar-refractivity contribution in [2.45, 2.75) is 39.3 Å². The van der Waals surface area contributed by atoms with Crippen LogP contribution in [-0.2, 0) is 18.5 Å². The van der Waals surface area contributed by atoms with Crippen LogP contribution in [-0.4, -0.2) is 9.97 Å². The van der Waals surface area contributed by atoms with Gasteiger partial charge in [-0.3, -0.25) is 0 Å². The highest BCUT2D eigenvalue weighted by Crippen LogP contribution is 2.22. The highest BCUT2D eigenvalue weighted by atomic mass is 15.0. The number of H-pyrrole nitrogens is 1. The molecule has 96 valence electrons. The molecule has 0 radical (unpaired) electrons. The molecule has 2 N–H and O–H groups in total. The van der Waals surface area contributed by atoms with E-state index in [2.05, 4.69) is 60.3 Å². The van der Waals surface area contributed by atoms with Gasteiger partial charge in [-0.05, 0) is 16.5 Å². The van der Waals surface area contributed by atoms with Gasteiger partial charge in [0.15, 0.2) is 0 Å². The molecule has 0 aliphatic carbocycles. The molecule has 3 heteroatoms. The SMILES string of the molecule is CC(C)(C)c1ccc(CNCc2ncc[nH]2)cc1. The molecular weight excluding hydrogens is 222 g/mol. The molecule has 1 heterocycles. The molecule has 0 aliphatic rings. The molecule has 3 nitrogen and oxygen atoms in total. The summed E-state index contributed by atoms with van der Waals surface area (Å²) in [5.41, 5.74) is 2.90. The molecule has 1 aromatic carbocycles. The van der Waals surface area contributed by atoms with Crippen LogP contribution in [0.2, 0.25) is 0 Å². The van der Waals surface area contributed by atoms with Crippen LogP contribution in [0.25, 0.3) is 0 Å². The second-order valence-corrected chi connectivity index (χ2v) is 5.59. The van der Waals surface area contributed by atoms with Gasteiger partial charge in [-0.2, -0.15) is 0 Å². The van der Waals surface area contributed by atoms with Crippen LogP contribution < -0.4 is 5.32 Å². The summed E-state index contributed by atoms with van der Waals surface area (Å²) in [6, 6.07) is 8.80. The molecule has 0 amide bonds. The number of aromatic amines is 1. The lowest BCUT2D eigenvalue weighted by atomic mass is 9.87. The third kappa shape index (κ3) is 3.44. The van der Waals surface area contributed by atoms with Crippen molar-refractivity contribution in [3.8, 4) is 0 Å². The largest absolute Gasteiger partial charge is 0.348 e. The van der Waals surface area contributed by atoms with Gasteiger partial charge in [-0.25, -0.2) is 4.98 Å². The summed E-state index contributed by atoms with van der Waals surface area (Å²) in [7, 11) is 0. The molecule has 0 bridgehead atoms. The van der Waals surface area contributed by atoms with Gasteiger partial charge in [0.2, 0.25) is 0 Å². The zero-order valence-corrected chi connectivity index (χ0v) is 11.3. The van der Waals surface area contributed by atoms with E-state index in [0.29, 0.717) is 0 Å². The Morgan fingerprint density at radius 1 is 1.11 bits per heavy atom. The highest BCUT2D eigenvalue weighted by Gasteiger charge is 2.12. The van der Waals surface area contributed by atoms with Gasteiger partial charge in [0.25, 0.3) is 0 Å². The maximum Gasteiger partial charge on any atom is 0.120 e. The Bertz CT molecular complexity index is 463. The zero-order chi connectivity index (χ0) is 13.0. The van der Waals surface area contributed by atoms with Crippen LogP contribution in [0.1, 0.15) is 37.7 Å². The lowest BCUT2D eigenvalue weighted by Gasteiger charge is -2.19. The molecule has 2 aromatic rings. The van der Waals surface area contributed by atoms with E-state index in [4.69, 9.17) is 0 Å². The number of benzene rings is 1. The van der Waals surface area contributed by atoms with Crippen molar-refractivity contribution in [3.63, 3.8) is 0 Å². The van der Waals surface area contributed by atoms with Crippen molar-refractivity contribution in [1.82, 2.24) is 15.3 Å². The summed E-state index contributed by atoms with van der Waals surface area (Å²) >= 11 is 0. The van der Waals surface area contributed by atoms with Crippen molar-refractivity contribution in [2.24, 2.45) is 0 Å². The van der Waals surface area contributed by atoms with Crippen molar-refractivity contribution in [3.05, 3.63) is 53.6 Å². The van der Waals surface area contributed by atoms with Crippen molar-refractivity contribution in [1.29, 1.82) is 0 Å². The lowest BCUT2D eigenvalue weighted by molar-refractivity contribution is 0.589. The van der Waals surface area contributed by atoms with Crippen molar-refractivity contribution < 1.29 is 0 Å². The number of aromatic nitrogens is 2. The Morgan fingerprint density at radius 2 is 1.83 bits per heavy atom. The quantitative estimate of drug-likeness (QED) is 0.866. The second kappa shape index (κ2) is 5.36. The van der Waals surface area contributed by atoms with E-state index in [1.54, 1.807) is 6.20 Å². The van der Waals surface area contributed by atoms with E-state index in [-0.39, 0.29) is 5.41 Å². The molecule has 1 aromatic heterocycles. The Hall–Kier alpha value is -1.61. The minimum Gasteiger partial charge on any atom is -0.348 e. The predicted octanol–water partition coefficient (Wildman–Crippen LogP) is 3.00. The number of hydrogen-bond donors (Lipinski definition) is 2. The van der Waals surface area contributed by atoms with E-state index in [1.807, 2.05) is 6.20 Å². The zero-order valence-electron chi connectivity index (χ0n) is 11.3. The van der Waals surface area contributed by atoms with Crippen LogP contribution in [0, 0.1) is 0 Å². The normalized spacial score (nSPS) is 11.7. The van der Waals surface area contributed by atoms with E-state index in [9.17, 15) is 0 Å². The molecule has 0 fully saturated rings. The van der Waals surface area contributed by atoms with Crippen LogP contribution >= 0.6 is 0 Å². The van der Waals surface area contributed by atoms with Gasteiger partial charge in [0, 0.05) is 18.9 Å². The first kappa shape index (κ1) is 12.8. The van der Waals surface area contributed by atoms with E-state index in [1.165, 1.54) is 11.1 Å². The van der Waals surface area contributed by atoms with Gasteiger partial charge in [0.1, 0.15) is 5.82 Å². The number of nitrogens with zero attached hydrogens (tertiary/aromatic N) is 1. The van der Waals surface area contributed by atoms with E-state index in [0.717, 1.165) is 18.9 Å². The lowest BCUT2D eigenvalue weighted by Crippen LogP contribution is -2.14. The van der Waals surface area contributed by atoms with Crippen LogP contribution in [0.5, 0.6) is 0 Å². The van der Waals surface area contributed by atoms with E-state index < -0.39 is 0 Å². The van der Waals surface area contributed by atoms with Gasteiger partial charge < -0.3 is 10.3 Å². The number of nitrogens with one attached hydrogen (secondary N) is 2. The Morgan fingerprint density at radius 3 is 2.39 bits per heavy atom. The summed E-state index contributed by atoms with van der Waals surface area (Å²) < 4.78 is 0. The summed E-state index contributed by atoms with van der Waals surface area (Å²) in [5, 5.41) is 3.37. The van der Waals surface area contributed by atoms with Crippen LogP contribution in [0.4, 0.5) is 0 Å². The van der Waals surface area contributed by atoms with Gasteiger partial charge in [-0.15, -0.1) is 0 Å². The Labute approximate surface area is 109 Å². The molecule has 0 unspecified atom stereocenters. The van der Waals surface area contributed by atoms with Gasteiger partial charge >= 0.3 is 0 Å². The first-order valence-electron chi connectivity index (χ1n) is 6.34. The number of rotatable bonds is 4. The maximum absolute atomic E-state index is 4.18. The first-order chi connectivity index (χ1) is 8.55. The average molecular weight is 243 g/mol. The molecular formula is C15H21N3. The molecule has 0 aliphatic heterocycles. The monoisotopic (exact) mass is 243 g/mol. The van der Waals surface area contributed by atoms with Gasteiger partial charge in [-0.1, -0.05) is 45.0 Å².